The van der Waals surface area contributed by atoms with E-state index in [0.29, 0.717) is 19.5 Å². The van der Waals surface area contributed by atoms with Crippen LogP contribution < -0.4 is 15.5 Å². The van der Waals surface area contributed by atoms with Crippen LogP contribution in [0.15, 0.2) is 53.7 Å². The average Bonchev–Trinajstić information content (AvgIpc) is 2.79. The first-order valence-electron chi connectivity index (χ1n) is 10.3. The van der Waals surface area contributed by atoms with Crippen LogP contribution in [0.5, 0.6) is 0 Å². The molecule has 0 radical (unpaired) electrons. The SMILES string of the molecule is CCNC(=NCc1cccnc1N1CCOCC1)NCCC(O)c1ccccc1.I. The molecule has 7 nitrogen and oxygen atoms in total. The van der Waals surface area contributed by atoms with Crippen LogP contribution in [-0.4, -0.2) is 55.4 Å². The molecule has 1 atom stereocenters. The van der Waals surface area contributed by atoms with E-state index in [-0.39, 0.29) is 24.0 Å². The quantitative estimate of drug-likeness (QED) is 0.280. The molecule has 1 aliphatic rings. The van der Waals surface area contributed by atoms with Crippen LogP contribution in [0.1, 0.15) is 30.6 Å². The fraction of sp³-hybridized carbons (Fsp3) is 0.455. The van der Waals surface area contributed by atoms with E-state index in [1.807, 2.05) is 49.5 Å². The molecule has 1 fully saturated rings. The predicted molar refractivity (Wildman–Crippen MR) is 132 cm³/mol. The minimum absolute atomic E-state index is 0. The zero-order valence-electron chi connectivity index (χ0n) is 17.5. The monoisotopic (exact) mass is 525 g/mol. The number of aliphatic hydroxyl groups excluding tert-OH is 1. The van der Waals surface area contributed by atoms with Crippen LogP contribution in [0, 0.1) is 0 Å². The maximum atomic E-state index is 10.3. The second kappa shape index (κ2) is 13.4. The largest absolute Gasteiger partial charge is 0.388 e. The van der Waals surface area contributed by atoms with E-state index < -0.39 is 6.10 Å². The Kier molecular flexibility index (Phi) is 10.9. The van der Waals surface area contributed by atoms with Crippen LogP contribution >= 0.6 is 24.0 Å². The lowest BCUT2D eigenvalue weighted by Crippen LogP contribution is -2.38. The Hall–Kier alpha value is -1.91. The van der Waals surface area contributed by atoms with Gasteiger partial charge in [-0.05, 0) is 25.0 Å². The van der Waals surface area contributed by atoms with Crippen molar-refractivity contribution in [1.82, 2.24) is 15.6 Å². The third-order valence-electron chi connectivity index (χ3n) is 4.82. The number of ether oxygens (including phenoxy) is 1. The lowest BCUT2D eigenvalue weighted by atomic mass is 10.1. The second-order valence-electron chi connectivity index (χ2n) is 6.92. The van der Waals surface area contributed by atoms with Crippen molar-refractivity contribution in [3.8, 4) is 0 Å². The van der Waals surface area contributed by atoms with Crippen LogP contribution in [0.3, 0.4) is 0 Å². The summed E-state index contributed by atoms with van der Waals surface area (Å²) in [6.07, 6.45) is 1.95. The Morgan fingerprint density at radius 2 is 1.93 bits per heavy atom. The molecule has 1 aromatic heterocycles. The summed E-state index contributed by atoms with van der Waals surface area (Å²) >= 11 is 0. The molecule has 164 valence electrons. The molecular formula is C22H32IN5O2. The van der Waals surface area contributed by atoms with Crippen LogP contribution in [0.2, 0.25) is 0 Å². The molecule has 30 heavy (non-hydrogen) atoms. The van der Waals surface area contributed by atoms with Gasteiger partial charge in [0.1, 0.15) is 5.82 Å². The number of anilines is 1. The van der Waals surface area contributed by atoms with Crippen LogP contribution in [-0.2, 0) is 11.3 Å². The number of nitrogens with zero attached hydrogens (tertiary/aromatic N) is 3. The average molecular weight is 525 g/mol. The van der Waals surface area contributed by atoms with Gasteiger partial charge in [-0.25, -0.2) is 9.98 Å². The Labute approximate surface area is 196 Å². The first-order chi connectivity index (χ1) is 14.3. The third-order valence-corrected chi connectivity index (χ3v) is 4.82. The summed E-state index contributed by atoms with van der Waals surface area (Å²) in [7, 11) is 0. The lowest BCUT2D eigenvalue weighted by molar-refractivity contribution is 0.122. The number of halogens is 1. The van der Waals surface area contributed by atoms with Crippen molar-refractivity contribution in [3.05, 3.63) is 59.8 Å². The third kappa shape index (κ3) is 7.41. The number of aromatic nitrogens is 1. The van der Waals surface area contributed by atoms with E-state index in [9.17, 15) is 5.11 Å². The van der Waals surface area contributed by atoms with Gasteiger partial charge in [0.2, 0.25) is 0 Å². The maximum Gasteiger partial charge on any atom is 0.191 e. The molecule has 1 aliphatic heterocycles. The first-order valence-corrected chi connectivity index (χ1v) is 10.3. The fourth-order valence-electron chi connectivity index (χ4n) is 3.29. The summed E-state index contributed by atoms with van der Waals surface area (Å²) in [5.74, 6) is 1.72. The number of hydrogen-bond acceptors (Lipinski definition) is 5. The van der Waals surface area contributed by atoms with E-state index in [2.05, 4.69) is 26.6 Å². The van der Waals surface area contributed by atoms with Gasteiger partial charge in [0.05, 0.1) is 25.9 Å². The van der Waals surface area contributed by atoms with Gasteiger partial charge in [-0.3, -0.25) is 0 Å². The van der Waals surface area contributed by atoms with Crippen molar-refractivity contribution in [3.63, 3.8) is 0 Å². The van der Waals surface area contributed by atoms with E-state index in [4.69, 9.17) is 9.73 Å². The van der Waals surface area contributed by atoms with E-state index >= 15 is 0 Å². The molecule has 0 amide bonds. The molecule has 2 aromatic rings. The Bertz CT molecular complexity index is 769. The normalized spacial score (nSPS) is 15.3. The molecule has 2 heterocycles. The highest BCUT2D eigenvalue weighted by Gasteiger charge is 2.15. The highest BCUT2D eigenvalue weighted by molar-refractivity contribution is 14.0. The van der Waals surface area contributed by atoms with Crippen LogP contribution in [0.4, 0.5) is 5.82 Å². The van der Waals surface area contributed by atoms with E-state index in [0.717, 1.165) is 55.8 Å². The second-order valence-corrected chi connectivity index (χ2v) is 6.92. The van der Waals surface area contributed by atoms with Crippen molar-refractivity contribution in [2.75, 3.05) is 44.3 Å². The summed E-state index contributed by atoms with van der Waals surface area (Å²) in [4.78, 5) is 11.6. The molecular weight excluding hydrogens is 493 g/mol. The summed E-state index contributed by atoms with van der Waals surface area (Å²) < 4.78 is 5.45. The molecule has 8 heteroatoms. The lowest BCUT2D eigenvalue weighted by Gasteiger charge is -2.29. The molecule has 3 N–H and O–H groups in total. The van der Waals surface area contributed by atoms with Crippen molar-refractivity contribution in [2.45, 2.75) is 26.0 Å². The number of aliphatic hydroxyl groups is 1. The molecule has 3 rings (SSSR count). The van der Waals surface area contributed by atoms with Gasteiger partial charge in [0.15, 0.2) is 5.96 Å². The number of hydrogen-bond donors (Lipinski definition) is 3. The van der Waals surface area contributed by atoms with E-state index in [1.165, 1.54) is 0 Å². The summed E-state index contributed by atoms with van der Waals surface area (Å²) in [6.45, 7) is 7.14. The molecule has 1 unspecified atom stereocenters. The first kappa shape index (κ1) is 24.4. The Morgan fingerprint density at radius 1 is 1.17 bits per heavy atom. The number of aliphatic imine (C=N–C) groups is 1. The summed E-state index contributed by atoms with van der Waals surface area (Å²) in [5, 5.41) is 16.9. The van der Waals surface area contributed by atoms with Gasteiger partial charge >= 0.3 is 0 Å². The highest BCUT2D eigenvalue weighted by Crippen LogP contribution is 2.19. The standard InChI is InChI=1S/C22H31N5O2.HI/c1-2-23-22(25-12-10-20(28)18-7-4-3-5-8-18)26-17-19-9-6-11-24-21(19)27-13-15-29-16-14-27;/h3-9,11,20,28H,2,10,12-17H2,1H3,(H2,23,25,26);1H. The topological polar surface area (TPSA) is 82.0 Å². The van der Waals surface area contributed by atoms with Crippen molar-refractivity contribution in [2.24, 2.45) is 4.99 Å². The van der Waals surface area contributed by atoms with Crippen LogP contribution in [0.25, 0.3) is 0 Å². The van der Waals surface area contributed by atoms with Crippen molar-refractivity contribution >= 4 is 35.8 Å². The molecule has 1 saturated heterocycles. The van der Waals surface area contributed by atoms with Crippen molar-refractivity contribution in [1.29, 1.82) is 0 Å². The van der Waals surface area contributed by atoms with Gasteiger partial charge in [-0.2, -0.15) is 0 Å². The summed E-state index contributed by atoms with van der Waals surface area (Å²) in [6, 6.07) is 13.7. The van der Waals surface area contributed by atoms with Gasteiger partial charge in [0, 0.05) is 37.9 Å². The molecule has 0 spiro atoms. The Morgan fingerprint density at radius 3 is 2.67 bits per heavy atom. The molecule has 0 aliphatic carbocycles. The smallest absolute Gasteiger partial charge is 0.191 e. The number of pyridine rings is 1. The Balaban J connectivity index is 0.00000320. The zero-order valence-corrected chi connectivity index (χ0v) is 19.8. The van der Waals surface area contributed by atoms with Gasteiger partial charge in [0.25, 0.3) is 0 Å². The highest BCUT2D eigenvalue weighted by atomic mass is 127. The number of benzene rings is 1. The molecule has 0 bridgehead atoms. The van der Waals surface area contributed by atoms with Gasteiger partial charge in [-0.15, -0.1) is 24.0 Å². The minimum atomic E-state index is -0.488. The maximum absolute atomic E-state index is 10.3. The number of rotatable bonds is 8. The number of morpholine rings is 1. The molecule has 0 saturated carbocycles. The van der Waals surface area contributed by atoms with E-state index in [1.54, 1.807) is 0 Å². The number of guanidine groups is 1. The fourth-order valence-corrected chi connectivity index (χ4v) is 3.29. The minimum Gasteiger partial charge on any atom is -0.388 e. The van der Waals surface area contributed by atoms with Gasteiger partial charge in [-0.1, -0.05) is 36.4 Å². The molecule has 1 aromatic carbocycles. The number of nitrogens with one attached hydrogen (secondary N) is 2. The van der Waals surface area contributed by atoms with Crippen molar-refractivity contribution < 1.29 is 9.84 Å². The van der Waals surface area contributed by atoms with Gasteiger partial charge < -0.3 is 25.4 Å². The predicted octanol–water partition coefficient (Wildman–Crippen LogP) is 2.72. The zero-order chi connectivity index (χ0) is 20.3. The summed E-state index contributed by atoms with van der Waals surface area (Å²) in [5.41, 5.74) is 2.03.